The molecule has 0 unspecified atom stereocenters. The molecule has 5 heterocycles. The van der Waals surface area contributed by atoms with Crippen LogP contribution in [-0.2, 0) is 34.4 Å². The second-order valence-corrected chi connectivity index (χ2v) is 17.5. The molecule has 3 saturated heterocycles. The lowest BCUT2D eigenvalue weighted by molar-refractivity contribution is -0.181. The van der Waals surface area contributed by atoms with Crippen LogP contribution >= 0.6 is 23.3 Å². The van der Waals surface area contributed by atoms with Crippen LogP contribution in [0, 0.1) is 11.8 Å². The third kappa shape index (κ3) is 8.86. The van der Waals surface area contributed by atoms with Gasteiger partial charge in [0.2, 0.25) is 23.0 Å². The van der Waals surface area contributed by atoms with Crippen molar-refractivity contribution in [2.45, 2.75) is 29.6 Å². The Kier molecular flexibility index (Phi) is 13.0. The fourth-order valence-electron chi connectivity index (χ4n) is 8.54. The zero-order valence-electron chi connectivity index (χ0n) is 34.8. The number of carbonyl (C=O) groups excluding carboxylic acids is 4. The van der Waals surface area contributed by atoms with Crippen LogP contribution in [0.4, 0.5) is 23.1 Å². The number of amides is 4. The van der Waals surface area contributed by atoms with Gasteiger partial charge in [-0.2, -0.15) is 22.5 Å². The number of allylic oxidation sites excluding steroid dienone is 1. The molecule has 4 aliphatic heterocycles. The van der Waals surface area contributed by atoms with Crippen molar-refractivity contribution in [3.63, 3.8) is 0 Å². The number of nitrogens with zero attached hydrogens (tertiary/aromatic N) is 6. The molecule has 4 aromatic rings. The number of thioether (sulfide) groups is 1. The first-order chi connectivity index (χ1) is 31.7. The number of β-lactam (4-membered cyclic amide) rings is 1. The molecule has 21 heteroatoms. The molecule has 4 aliphatic rings. The van der Waals surface area contributed by atoms with Crippen LogP contribution < -0.4 is 11.1 Å². The van der Waals surface area contributed by atoms with E-state index < -0.39 is 82.8 Å². The Morgan fingerprint density at radius 2 is 1.59 bits per heavy atom. The zero-order chi connectivity index (χ0) is 46.8. The molecule has 0 spiro atoms. The van der Waals surface area contributed by atoms with Gasteiger partial charge in [0.15, 0.2) is 5.13 Å². The minimum absolute atomic E-state index is 0.00175. The normalized spacial score (nSPS) is 21.7. The summed E-state index contributed by atoms with van der Waals surface area (Å²) < 4.78 is 51.5. The summed E-state index contributed by atoms with van der Waals surface area (Å²) >= 11 is 1.95. The number of halogens is 3. The summed E-state index contributed by atoms with van der Waals surface area (Å²) in [6.45, 7) is 2.12. The average molecular weight is 943 g/mol. The van der Waals surface area contributed by atoms with Crippen LogP contribution in [0.2, 0.25) is 0 Å². The van der Waals surface area contributed by atoms with Gasteiger partial charge in [0.05, 0.1) is 5.92 Å². The predicted octanol–water partition coefficient (Wildman–Crippen LogP) is 5.16. The number of ether oxygens (including phenoxy) is 1. The van der Waals surface area contributed by atoms with Crippen molar-refractivity contribution in [2.24, 2.45) is 17.0 Å². The molecule has 342 valence electrons. The van der Waals surface area contributed by atoms with Gasteiger partial charge < -0.3 is 35.5 Å². The molecule has 16 nitrogen and oxygen atoms in total. The first-order valence-corrected chi connectivity index (χ1v) is 22.4. The van der Waals surface area contributed by atoms with E-state index in [-0.39, 0.29) is 60.5 Å². The van der Waals surface area contributed by atoms with Crippen molar-refractivity contribution in [1.82, 2.24) is 29.4 Å². The van der Waals surface area contributed by atoms with Crippen molar-refractivity contribution in [3.05, 3.63) is 149 Å². The van der Waals surface area contributed by atoms with Gasteiger partial charge in [-0.25, -0.2) is 9.59 Å². The fraction of sp³-hybridized carbons (Fsp3) is 0.289. The number of nitrogens with two attached hydrogens (primary N) is 1. The fourth-order valence-corrected chi connectivity index (χ4v) is 10.3. The lowest BCUT2D eigenvalue weighted by atomic mass is 9.80. The van der Waals surface area contributed by atoms with Crippen LogP contribution in [0.25, 0.3) is 0 Å². The number of alkyl halides is 3. The topological polar surface area (TPSA) is 210 Å². The summed E-state index contributed by atoms with van der Waals surface area (Å²) in [4.78, 5) is 80.9. The van der Waals surface area contributed by atoms with Crippen molar-refractivity contribution in [3.8, 4) is 0 Å². The maximum Gasteiger partial charge on any atom is 0.410 e. The predicted molar refractivity (Wildman–Crippen MR) is 236 cm³/mol. The molecule has 1 aromatic heterocycles. The number of nitrogen functional groups attached to an aromatic ring is 1. The summed E-state index contributed by atoms with van der Waals surface area (Å²) in [6, 6.07) is 26.5. The van der Waals surface area contributed by atoms with E-state index in [2.05, 4.69) is 26.4 Å². The Labute approximate surface area is 383 Å². The number of carboxylic acids is 1. The zero-order valence-corrected chi connectivity index (χ0v) is 36.4. The molecule has 3 fully saturated rings. The second kappa shape index (κ2) is 18.8. The van der Waals surface area contributed by atoms with Gasteiger partial charge in [-0.05, 0) is 18.1 Å². The van der Waals surface area contributed by atoms with Gasteiger partial charge in [0.25, 0.3) is 11.8 Å². The Balaban J connectivity index is 1.02. The number of hydrogen-bond donors (Lipinski definition) is 3. The molecule has 4 N–H and O–H groups in total. The number of fused-ring (bicyclic) bond motifs is 1. The summed E-state index contributed by atoms with van der Waals surface area (Å²) in [5.74, 6) is -6.93. The van der Waals surface area contributed by atoms with Gasteiger partial charge in [-0.3, -0.25) is 19.3 Å². The van der Waals surface area contributed by atoms with Crippen LogP contribution in [0.3, 0.4) is 0 Å². The van der Waals surface area contributed by atoms with E-state index in [1.165, 1.54) is 17.1 Å². The molecule has 8 rings (SSSR count). The monoisotopic (exact) mass is 942 g/mol. The van der Waals surface area contributed by atoms with Gasteiger partial charge in [0, 0.05) is 71.6 Å². The van der Waals surface area contributed by atoms with Crippen molar-refractivity contribution in [1.29, 1.82) is 0 Å². The molecule has 4 atom stereocenters. The number of rotatable bonds is 14. The summed E-state index contributed by atoms with van der Waals surface area (Å²) in [5.41, 5.74) is 6.01. The molecular weight excluding hydrogens is 902 g/mol. The van der Waals surface area contributed by atoms with Crippen LogP contribution in [-0.4, -0.2) is 121 Å². The number of aromatic nitrogens is 2. The van der Waals surface area contributed by atoms with E-state index in [1.807, 2.05) is 91.0 Å². The van der Waals surface area contributed by atoms with E-state index in [0.717, 1.165) is 33.1 Å². The maximum absolute atomic E-state index is 14.3. The SMILES string of the molecule is C=CCOC(=O)N1C[C@H](CN2CC/C(=C\C3=C(C(=O)O)N4C(=O)[C@@H](NC(=O)/C(=N\OC(c5ccccc5)(c5ccccc5)c5ccccc5)c5nsc(N)n5)[C@H]4SC3)C2=O)[C@@H](C(F)(F)F)C1. The van der Waals surface area contributed by atoms with Crippen molar-refractivity contribution in [2.75, 3.05) is 44.3 Å². The van der Waals surface area contributed by atoms with Crippen LogP contribution in [0.1, 0.15) is 28.9 Å². The standard InChI is InChI=1S/C45H41F3N8O8S2/c1-2-20-63-43(62)55-23-28(32(24-55)45(46,47)48)22-54-19-18-26(38(54)58)21-27-25-65-40-34(39(59)56(40)35(27)41(60)61)50-37(57)33(36-51-42(49)66-53-36)52-64-44(29-12-6-3-7-13-29,30-14-8-4-9-15-30)31-16-10-5-11-17-31/h2-17,21,28,32,34,40H,1,18-20,22-25H2,(H,50,57)(H,60,61)(H2,49,51,53)/b26-21+,52-33-/t28-,32-,34+,40+/m0/s1. The summed E-state index contributed by atoms with van der Waals surface area (Å²) in [7, 11) is 0. The number of hydrogen-bond acceptors (Lipinski definition) is 13. The molecular formula is C45H41F3N8O8S2. The summed E-state index contributed by atoms with van der Waals surface area (Å²) in [6.07, 6.45) is -2.80. The van der Waals surface area contributed by atoms with Crippen molar-refractivity contribution >= 4 is 63.9 Å². The summed E-state index contributed by atoms with van der Waals surface area (Å²) in [5, 5.41) is 16.6. The second-order valence-electron chi connectivity index (χ2n) is 15.7. The van der Waals surface area contributed by atoms with E-state index >= 15 is 0 Å². The molecule has 0 radical (unpaired) electrons. The number of likely N-dealkylation sites (tertiary alicyclic amines) is 2. The highest BCUT2D eigenvalue weighted by Crippen LogP contribution is 2.44. The van der Waals surface area contributed by atoms with Gasteiger partial charge in [-0.15, -0.1) is 11.8 Å². The number of benzene rings is 3. The number of oxime groups is 1. The Hall–Kier alpha value is -7.00. The minimum Gasteiger partial charge on any atom is -0.477 e. The van der Waals surface area contributed by atoms with Gasteiger partial charge in [0.1, 0.15) is 23.7 Å². The molecule has 0 bridgehead atoms. The quantitative estimate of drug-likeness (QED) is 0.0374. The van der Waals surface area contributed by atoms with E-state index in [4.69, 9.17) is 15.3 Å². The Bertz CT molecular complexity index is 2530. The number of carboxylic acid groups (broad SMARTS) is 1. The molecule has 66 heavy (non-hydrogen) atoms. The van der Waals surface area contributed by atoms with E-state index in [1.54, 1.807) is 0 Å². The molecule has 0 aliphatic carbocycles. The Morgan fingerprint density at radius 3 is 2.14 bits per heavy atom. The lowest BCUT2D eigenvalue weighted by Gasteiger charge is -2.49. The molecule has 3 aromatic carbocycles. The highest BCUT2D eigenvalue weighted by atomic mass is 32.2. The molecule has 0 saturated carbocycles. The first-order valence-electron chi connectivity index (χ1n) is 20.5. The minimum atomic E-state index is -4.65. The third-order valence-electron chi connectivity index (χ3n) is 11.6. The van der Waals surface area contributed by atoms with Gasteiger partial charge in [-0.1, -0.05) is 109 Å². The van der Waals surface area contributed by atoms with E-state index in [9.17, 15) is 42.3 Å². The molecule has 4 amide bonds. The maximum atomic E-state index is 14.3. The highest BCUT2D eigenvalue weighted by Gasteiger charge is 2.55. The third-order valence-corrected chi connectivity index (χ3v) is 13.5. The lowest BCUT2D eigenvalue weighted by Crippen LogP contribution is -2.71. The van der Waals surface area contributed by atoms with Gasteiger partial charge >= 0.3 is 18.2 Å². The number of aliphatic carboxylic acids is 1. The van der Waals surface area contributed by atoms with E-state index in [0.29, 0.717) is 16.7 Å². The smallest absolute Gasteiger partial charge is 0.410 e. The highest BCUT2D eigenvalue weighted by molar-refractivity contribution is 8.00. The van der Waals surface area contributed by atoms with Crippen LogP contribution in [0.15, 0.2) is 132 Å². The number of anilines is 1. The average Bonchev–Trinajstić information content (AvgIpc) is 4.05. The van der Waals surface area contributed by atoms with Crippen molar-refractivity contribution < 1.29 is 51.8 Å². The first kappa shape index (κ1) is 45.6. The Morgan fingerprint density at radius 1 is 0.970 bits per heavy atom. The largest absolute Gasteiger partial charge is 0.477 e. The number of nitrogens with one attached hydrogen (secondary N) is 1. The number of carbonyl (C=O) groups is 5. The van der Waals surface area contributed by atoms with Crippen LogP contribution in [0.5, 0.6) is 0 Å².